The fraction of sp³-hybridized carbons (Fsp3) is 0.444. The van der Waals surface area contributed by atoms with Gasteiger partial charge >= 0.3 is 0 Å². The van der Waals surface area contributed by atoms with E-state index in [1.165, 1.54) is 0 Å². The molecule has 1 saturated carbocycles. The molecule has 1 aromatic heterocycles. The van der Waals surface area contributed by atoms with Crippen molar-refractivity contribution in [2.45, 2.75) is 25.8 Å². The number of carbonyl (C=O) groups excluding carboxylic acids is 1. The van der Waals surface area contributed by atoms with Crippen LogP contribution in [0.3, 0.4) is 0 Å². The molecule has 7 heteroatoms. The number of amides is 1. The topological polar surface area (TPSA) is 82.2 Å². The van der Waals surface area contributed by atoms with Crippen molar-refractivity contribution in [2.75, 3.05) is 13.7 Å². The zero-order valence-electron chi connectivity index (χ0n) is 14.4. The predicted molar refractivity (Wildman–Crippen MR) is 99.1 cm³/mol. The predicted octanol–water partition coefficient (Wildman–Crippen LogP) is 2.29. The fourth-order valence-electron chi connectivity index (χ4n) is 3.31. The number of hydrogen-bond acceptors (Lipinski definition) is 4. The van der Waals surface area contributed by atoms with Gasteiger partial charge in [-0.1, -0.05) is 6.42 Å². The minimum Gasteiger partial charge on any atom is -0.497 e. The van der Waals surface area contributed by atoms with Crippen LogP contribution in [-0.2, 0) is 11.3 Å². The highest BCUT2D eigenvalue weighted by atomic mass is 35.5. The average Bonchev–Trinajstić information content (AvgIpc) is 3.29. The number of carbonyl (C=O) groups is 1. The number of methoxy groups -OCH3 is 1. The molecule has 3 rings (SSSR count). The molecule has 1 aliphatic rings. The van der Waals surface area contributed by atoms with Gasteiger partial charge in [0.05, 0.1) is 25.0 Å². The molecule has 6 nitrogen and oxygen atoms in total. The molecule has 0 spiro atoms. The van der Waals surface area contributed by atoms with Crippen LogP contribution >= 0.6 is 12.4 Å². The molecule has 2 atom stereocenters. The Morgan fingerprint density at radius 3 is 2.76 bits per heavy atom. The van der Waals surface area contributed by atoms with Crippen molar-refractivity contribution in [1.29, 1.82) is 0 Å². The second-order valence-corrected chi connectivity index (χ2v) is 6.20. The maximum atomic E-state index is 12.3. The molecule has 1 aromatic carbocycles. The molecule has 25 heavy (non-hydrogen) atoms. The molecule has 3 N–H and O–H groups in total. The molecule has 1 aliphatic carbocycles. The summed E-state index contributed by atoms with van der Waals surface area (Å²) < 4.78 is 6.95. The van der Waals surface area contributed by atoms with Crippen LogP contribution in [-0.4, -0.2) is 29.3 Å². The zero-order valence-corrected chi connectivity index (χ0v) is 15.2. The second-order valence-electron chi connectivity index (χ2n) is 6.20. The highest BCUT2D eigenvalue weighted by Crippen LogP contribution is 2.30. The van der Waals surface area contributed by atoms with Crippen LogP contribution in [0, 0.1) is 11.8 Å². The Labute approximate surface area is 154 Å². The summed E-state index contributed by atoms with van der Waals surface area (Å²) in [5.74, 6) is 1.28. The van der Waals surface area contributed by atoms with E-state index in [0.717, 1.165) is 36.4 Å². The van der Waals surface area contributed by atoms with Gasteiger partial charge in [-0.25, -0.2) is 4.68 Å². The molecule has 1 fully saturated rings. The largest absolute Gasteiger partial charge is 0.497 e. The number of aromatic nitrogens is 2. The lowest BCUT2D eigenvalue weighted by molar-refractivity contribution is -0.126. The van der Waals surface area contributed by atoms with E-state index in [-0.39, 0.29) is 24.2 Å². The minimum atomic E-state index is 0. The van der Waals surface area contributed by atoms with Gasteiger partial charge in [0, 0.05) is 12.1 Å². The fourth-order valence-corrected chi connectivity index (χ4v) is 3.31. The summed E-state index contributed by atoms with van der Waals surface area (Å²) in [4.78, 5) is 12.3. The van der Waals surface area contributed by atoms with Gasteiger partial charge in [0.25, 0.3) is 0 Å². The quantitative estimate of drug-likeness (QED) is 0.823. The third-order valence-electron chi connectivity index (χ3n) is 4.72. The molecule has 136 valence electrons. The molecular weight excluding hydrogens is 340 g/mol. The number of halogens is 1. The standard InChI is InChI=1S/C18H24N4O2.ClH/c1-24-16-7-5-15(6-8-16)22-10-9-14(21-22)12-20-18(23)17-4-2-3-13(17)11-19;/h5-10,13,17H,2-4,11-12,19H2,1H3,(H,20,23);1H/t13-,17-;/m1./s1. The number of ether oxygens (including phenoxy) is 1. The third kappa shape index (κ3) is 4.52. The molecule has 0 aliphatic heterocycles. The summed E-state index contributed by atoms with van der Waals surface area (Å²) in [5, 5.41) is 7.51. The lowest BCUT2D eigenvalue weighted by atomic mass is 9.95. The number of nitrogens with zero attached hydrogens (tertiary/aromatic N) is 2. The Morgan fingerprint density at radius 2 is 2.08 bits per heavy atom. The van der Waals surface area contributed by atoms with Crippen LogP contribution in [0.5, 0.6) is 5.75 Å². The Balaban J connectivity index is 0.00000225. The van der Waals surface area contributed by atoms with E-state index in [0.29, 0.717) is 19.0 Å². The summed E-state index contributed by atoms with van der Waals surface area (Å²) in [6.07, 6.45) is 4.97. The van der Waals surface area contributed by atoms with Crippen LogP contribution in [0.15, 0.2) is 36.5 Å². The molecule has 0 unspecified atom stereocenters. The molecule has 0 radical (unpaired) electrons. The smallest absolute Gasteiger partial charge is 0.223 e. The van der Waals surface area contributed by atoms with Crippen LogP contribution in [0.4, 0.5) is 0 Å². The van der Waals surface area contributed by atoms with E-state index >= 15 is 0 Å². The molecule has 1 amide bonds. The first-order chi connectivity index (χ1) is 11.7. The highest BCUT2D eigenvalue weighted by molar-refractivity contribution is 5.85. The summed E-state index contributed by atoms with van der Waals surface area (Å²) in [6.45, 7) is 1.03. The van der Waals surface area contributed by atoms with Crippen molar-refractivity contribution in [3.8, 4) is 11.4 Å². The van der Waals surface area contributed by atoms with Gasteiger partial charge in [0.1, 0.15) is 5.75 Å². The first-order valence-electron chi connectivity index (χ1n) is 8.38. The van der Waals surface area contributed by atoms with Gasteiger partial charge in [-0.15, -0.1) is 12.4 Å². The maximum Gasteiger partial charge on any atom is 0.223 e. The molecular formula is C18H25ClN4O2. The number of benzene rings is 1. The van der Waals surface area contributed by atoms with E-state index in [2.05, 4.69) is 10.4 Å². The third-order valence-corrected chi connectivity index (χ3v) is 4.72. The van der Waals surface area contributed by atoms with Crippen molar-refractivity contribution >= 4 is 18.3 Å². The Bertz CT molecular complexity index is 687. The van der Waals surface area contributed by atoms with Crippen molar-refractivity contribution < 1.29 is 9.53 Å². The van der Waals surface area contributed by atoms with E-state index in [9.17, 15) is 4.79 Å². The molecule has 1 heterocycles. The van der Waals surface area contributed by atoms with Gasteiger partial charge in [-0.2, -0.15) is 5.10 Å². The monoisotopic (exact) mass is 364 g/mol. The summed E-state index contributed by atoms with van der Waals surface area (Å²) in [7, 11) is 1.64. The Kier molecular flexibility index (Phi) is 6.84. The van der Waals surface area contributed by atoms with Crippen LogP contribution in [0.25, 0.3) is 5.69 Å². The highest BCUT2D eigenvalue weighted by Gasteiger charge is 2.31. The summed E-state index contributed by atoms with van der Waals surface area (Å²) in [6, 6.07) is 9.59. The number of nitrogens with two attached hydrogens (primary N) is 1. The van der Waals surface area contributed by atoms with Crippen molar-refractivity contribution in [3.63, 3.8) is 0 Å². The molecule has 0 bridgehead atoms. The van der Waals surface area contributed by atoms with E-state index in [1.807, 2.05) is 36.5 Å². The number of hydrogen-bond donors (Lipinski definition) is 2. The van der Waals surface area contributed by atoms with Crippen molar-refractivity contribution in [1.82, 2.24) is 15.1 Å². The number of nitrogens with one attached hydrogen (secondary N) is 1. The SMILES string of the molecule is COc1ccc(-n2ccc(CNC(=O)[C@@H]3CCC[C@@H]3CN)n2)cc1.Cl. The van der Waals surface area contributed by atoms with Crippen LogP contribution < -0.4 is 15.8 Å². The van der Waals surface area contributed by atoms with E-state index in [1.54, 1.807) is 11.8 Å². The van der Waals surface area contributed by atoms with Gasteiger partial charge < -0.3 is 15.8 Å². The zero-order chi connectivity index (χ0) is 16.9. The number of rotatable bonds is 6. The lowest BCUT2D eigenvalue weighted by Crippen LogP contribution is -2.34. The van der Waals surface area contributed by atoms with Crippen LogP contribution in [0.2, 0.25) is 0 Å². The molecule has 2 aromatic rings. The van der Waals surface area contributed by atoms with Gasteiger partial charge in [0.2, 0.25) is 5.91 Å². The van der Waals surface area contributed by atoms with Crippen LogP contribution in [0.1, 0.15) is 25.0 Å². The van der Waals surface area contributed by atoms with Crippen molar-refractivity contribution in [2.24, 2.45) is 17.6 Å². The summed E-state index contributed by atoms with van der Waals surface area (Å²) >= 11 is 0. The van der Waals surface area contributed by atoms with Gasteiger partial charge in [-0.05, 0) is 55.6 Å². The maximum absolute atomic E-state index is 12.3. The average molecular weight is 365 g/mol. The lowest BCUT2D eigenvalue weighted by Gasteiger charge is -2.16. The van der Waals surface area contributed by atoms with E-state index in [4.69, 9.17) is 10.5 Å². The first-order valence-corrected chi connectivity index (χ1v) is 8.38. The minimum absolute atomic E-state index is 0. The Morgan fingerprint density at radius 1 is 1.32 bits per heavy atom. The summed E-state index contributed by atoms with van der Waals surface area (Å²) in [5.41, 5.74) is 7.54. The second kappa shape index (κ2) is 8.87. The first kappa shape index (κ1) is 19.3. The van der Waals surface area contributed by atoms with Crippen molar-refractivity contribution in [3.05, 3.63) is 42.2 Å². The van der Waals surface area contributed by atoms with Gasteiger partial charge in [-0.3, -0.25) is 4.79 Å². The van der Waals surface area contributed by atoms with E-state index < -0.39 is 0 Å². The van der Waals surface area contributed by atoms with Gasteiger partial charge in [0.15, 0.2) is 0 Å². The normalized spacial score (nSPS) is 19.3. The molecule has 0 saturated heterocycles. The Hall–Kier alpha value is -2.05.